The molecule has 2 unspecified atom stereocenters. The van der Waals surface area contributed by atoms with Crippen LogP contribution in [-0.2, 0) is 4.74 Å². The normalized spacial score (nSPS) is 56.9. The van der Waals surface area contributed by atoms with E-state index in [1.807, 2.05) is 0 Å². The average molecular weight is 411 g/mol. The fourth-order valence-electron chi connectivity index (χ4n) is 9.89. The number of hydrogen-bond acceptors (Lipinski definition) is 1. The third-order valence-corrected chi connectivity index (χ3v) is 11.3. The highest BCUT2D eigenvalue weighted by Gasteiger charge is 2.64. The number of hydrogen-bond donors (Lipinski definition) is 0. The van der Waals surface area contributed by atoms with E-state index in [-0.39, 0.29) is 10.8 Å². The summed E-state index contributed by atoms with van der Waals surface area (Å²) < 4.78 is 6.93. The molecule has 8 fully saturated rings. The molecule has 152 valence electrons. The second-order valence-electron chi connectivity index (χ2n) is 12.3. The molecule has 27 heavy (non-hydrogen) atoms. The van der Waals surface area contributed by atoms with Gasteiger partial charge in [0.2, 0.25) is 0 Å². The van der Waals surface area contributed by atoms with Crippen molar-refractivity contribution in [2.24, 2.45) is 46.3 Å². The molecule has 0 heterocycles. The molecule has 8 aliphatic carbocycles. The van der Waals surface area contributed by atoms with Gasteiger partial charge in [-0.25, -0.2) is 0 Å². The monoisotopic (exact) mass is 410 g/mol. The molecular formula is C24H36Cl2O. The minimum atomic E-state index is -0.622. The van der Waals surface area contributed by atoms with Gasteiger partial charge in [0.25, 0.3) is 0 Å². The van der Waals surface area contributed by atoms with Crippen LogP contribution in [0.15, 0.2) is 0 Å². The first-order chi connectivity index (χ1) is 12.7. The topological polar surface area (TPSA) is 9.23 Å². The first kappa shape index (κ1) is 18.3. The highest BCUT2D eigenvalue weighted by molar-refractivity contribution is 6.25. The van der Waals surface area contributed by atoms with Gasteiger partial charge < -0.3 is 4.74 Å². The quantitative estimate of drug-likeness (QED) is 0.440. The van der Waals surface area contributed by atoms with Crippen molar-refractivity contribution in [2.75, 3.05) is 0 Å². The molecule has 0 spiro atoms. The summed E-state index contributed by atoms with van der Waals surface area (Å²) in [7, 11) is 0. The van der Waals surface area contributed by atoms with Gasteiger partial charge in [0.1, 0.15) is 10.1 Å². The first-order valence-corrected chi connectivity index (χ1v) is 12.5. The highest BCUT2D eigenvalue weighted by Crippen LogP contribution is 2.69. The van der Waals surface area contributed by atoms with Gasteiger partial charge in [0.15, 0.2) is 0 Å². The van der Waals surface area contributed by atoms with Crippen molar-refractivity contribution in [2.45, 2.75) is 101 Å². The summed E-state index contributed by atoms with van der Waals surface area (Å²) in [6, 6.07) is 0. The summed E-state index contributed by atoms with van der Waals surface area (Å²) in [6.07, 6.45) is 16.3. The van der Waals surface area contributed by atoms with Gasteiger partial charge in [0.05, 0.1) is 0 Å². The SMILES string of the molecule is CC(Cl)(OC(C)(Cl)C12CC3CC(CC(C3)C1)C2)C12CC3CC(CC(C3)C1)C2. The molecule has 0 saturated heterocycles. The summed E-state index contributed by atoms with van der Waals surface area (Å²) in [5.41, 5.74) is 0.309. The number of halogens is 2. The molecule has 0 aromatic heterocycles. The third kappa shape index (κ3) is 2.59. The van der Waals surface area contributed by atoms with Crippen molar-refractivity contribution in [1.82, 2.24) is 0 Å². The predicted molar refractivity (Wildman–Crippen MR) is 111 cm³/mol. The maximum absolute atomic E-state index is 7.38. The van der Waals surface area contributed by atoms with Crippen LogP contribution in [0.2, 0.25) is 0 Å². The molecular weight excluding hydrogens is 375 g/mol. The second-order valence-corrected chi connectivity index (χ2v) is 13.8. The fraction of sp³-hybridized carbons (Fsp3) is 1.00. The van der Waals surface area contributed by atoms with Crippen LogP contribution in [0, 0.1) is 46.3 Å². The lowest BCUT2D eigenvalue weighted by molar-refractivity contribution is -0.231. The van der Waals surface area contributed by atoms with Crippen LogP contribution in [0.5, 0.6) is 0 Å². The Morgan fingerprint density at radius 3 is 1.00 bits per heavy atom. The van der Waals surface area contributed by atoms with Gasteiger partial charge in [-0.15, -0.1) is 0 Å². The molecule has 0 amide bonds. The summed E-state index contributed by atoms with van der Waals surface area (Å²) in [5, 5.41) is -1.24. The van der Waals surface area contributed by atoms with Crippen molar-refractivity contribution in [3.8, 4) is 0 Å². The van der Waals surface area contributed by atoms with Gasteiger partial charge in [-0.2, -0.15) is 0 Å². The molecule has 0 aliphatic heterocycles. The third-order valence-electron chi connectivity index (χ3n) is 10.4. The maximum Gasteiger partial charge on any atom is 0.146 e. The zero-order valence-electron chi connectivity index (χ0n) is 17.1. The average Bonchev–Trinajstić information content (AvgIpc) is 2.51. The largest absolute Gasteiger partial charge is 0.338 e. The molecule has 8 bridgehead atoms. The number of alkyl halides is 2. The van der Waals surface area contributed by atoms with Crippen LogP contribution < -0.4 is 0 Å². The van der Waals surface area contributed by atoms with Gasteiger partial charge in [-0.3, -0.25) is 0 Å². The van der Waals surface area contributed by atoms with Gasteiger partial charge >= 0.3 is 0 Å². The van der Waals surface area contributed by atoms with Crippen molar-refractivity contribution in [3.05, 3.63) is 0 Å². The summed E-state index contributed by atoms with van der Waals surface area (Å²) in [6.45, 7) is 4.37. The lowest BCUT2D eigenvalue weighted by atomic mass is 9.47. The van der Waals surface area contributed by atoms with Crippen molar-refractivity contribution >= 4 is 23.2 Å². The molecule has 8 aliphatic rings. The Morgan fingerprint density at radius 1 is 0.556 bits per heavy atom. The van der Waals surface area contributed by atoms with E-state index in [1.165, 1.54) is 77.0 Å². The minimum Gasteiger partial charge on any atom is -0.338 e. The minimum absolute atomic E-state index is 0.155. The Bertz CT molecular complexity index is 512. The standard InChI is InChI=1S/C24H36Cl2O/c1-21(25,23-9-15-3-16(10-23)5-17(4-15)11-23)27-22(2,26)24-12-18-6-19(13-24)8-20(7-18)14-24/h15-20H,3-14H2,1-2H3. The fourth-order valence-corrected chi connectivity index (χ4v) is 10.7. The van der Waals surface area contributed by atoms with Crippen molar-refractivity contribution in [3.63, 3.8) is 0 Å². The molecule has 0 N–H and O–H groups in total. The Hall–Kier alpha value is 0.540. The molecule has 3 heteroatoms. The number of ether oxygens (including phenoxy) is 1. The van der Waals surface area contributed by atoms with E-state index in [0.717, 1.165) is 35.5 Å². The van der Waals surface area contributed by atoms with Crippen LogP contribution in [0.1, 0.15) is 90.9 Å². The Balaban J connectivity index is 1.29. The molecule has 1 nitrogen and oxygen atoms in total. The lowest BCUT2D eigenvalue weighted by Gasteiger charge is -2.65. The predicted octanol–water partition coefficient (Wildman–Crippen LogP) is 7.35. The lowest BCUT2D eigenvalue weighted by Crippen LogP contribution is -2.61. The van der Waals surface area contributed by atoms with E-state index in [9.17, 15) is 0 Å². The Morgan fingerprint density at radius 2 is 0.778 bits per heavy atom. The molecule has 2 atom stereocenters. The van der Waals surface area contributed by atoms with Crippen LogP contribution in [-0.4, -0.2) is 10.1 Å². The molecule has 0 aromatic carbocycles. The van der Waals surface area contributed by atoms with E-state index in [0.29, 0.717) is 0 Å². The zero-order chi connectivity index (χ0) is 18.7. The molecule has 8 saturated carbocycles. The van der Waals surface area contributed by atoms with Crippen LogP contribution >= 0.6 is 23.2 Å². The van der Waals surface area contributed by atoms with E-state index in [4.69, 9.17) is 27.9 Å². The Kier molecular flexibility index (Phi) is 3.81. The smallest absolute Gasteiger partial charge is 0.146 e. The molecule has 0 radical (unpaired) electrons. The van der Waals surface area contributed by atoms with Crippen LogP contribution in [0.25, 0.3) is 0 Å². The first-order valence-electron chi connectivity index (χ1n) is 11.8. The van der Waals surface area contributed by atoms with E-state index in [1.54, 1.807) is 0 Å². The van der Waals surface area contributed by atoms with Crippen LogP contribution in [0.3, 0.4) is 0 Å². The van der Waals surface area contributed by atoms with Crippen molar-refractivity contribution in [1.29, 1.82) is 0 Å². The molecule has 0 aromatic rings. The summed E-state index contributed by atoms with van der Waals surface area (Å²) >= 11 is 14.8. The van der Waals surface area contributed by atoms with Gasteiger partial charge in [-0.1, -0.05) is 23.2 Å². The zero-order valence-corrected chi connectivity index (χ0v) is 18.6. The second kappa shape index (κ2) is 5.61. The highest BCUT2D eigenvalue weighted by atomic mass is 35.5. The number of rotatable bonds is 4. The van der Waals surface area contributed by atoms with E-state index in [2.05, 4.69) is 13.8 Å². The van der Waals surface area contributed by atoms with E-state index < -0.39 is 10.1 Å². The molecule has 8 rings (SSSR count). The summed E-state index contributed by atoms with van der Waals surface area (Å²) in [4.78, 5) is 0. The van der Waals surface area contributed by atoms with Crippen molar-refractivity contribution < 1.29 is 4.74 Å². The van der Waals surface area contributed by atoms with E-state index >= 15 is 0 Å². The van der Waals surface area contributed by atoms with Crippen LogP contribution in [0.4, 0.5) is 0 Å². The van der Waals surface area contributed by atoms with Gasteiger partial charge in [-0.05, 0) is 126 Å². The summed E-state index contributed by atoms with van der Waals surface area (Å²) in [5.74, 6) is 5.33. The van der Waals surface area contributed by atoms with Gasteiger partial charge in [0, 0.05) is 10.8 Å². The Labute approximate surface area is 175 Å². The maximum atomic E-state index is 7.38.